The van der Waals surface area contributed by atoms with E-state index in [0.717, 1.165) is 11.1 Å². The Morgan fingerprint density at radius 1 is 0.914 bits per heavy atom. The number of carbonyl (C=O) groups excluding carboxylic acids is 1. The molecule has 35 heavy (non-hydrogen) atoms. The van der Waals surface area contributed by atoms with E-state index in [1.807, 2.05) is 60.7 Å². The minimum absolute atomic E-state index is 0.114. The van der Waals surface area contributed by atoms with Crippen molar-refractivity contribution in [2.45, 2.75) is 23.8 Å². The van der Waals surface area contributed by atoms with Crippen molar-refractivity contribution in [3.05, 3.63) is 90.0 Å². The number of hydrogen-bond acceptors (Lipinski definition) is 5. The van der Waals surface area contributed by atoms with Crippen molar-refractivity contribution in [2.75, 3.05) is 27.3 Å². The molecule has 0 saturated carbocycles. The Morgan fingerprint density at radius 3 is 2.09 bits per heavy atom. The molecule has 7 nitrogen and oxygen atoms in total. The van der Waals surface area contributed by atoms with E-state index < -0.39 is 15.9 Å². The van der Waals surface area contributed by atoms with Gasteiger partial charge in [0, 0.05) is 19.2 Å². The predicted molar refractivity (Wildman–Crippen MR) is 134 cm³/mol. The summed E-state index contributed by atoms with van der Waals surface area (Å²) in [5.41, 5.74) is 1.94. The molecule has 3 aromatic rings. The molecule has 3 aromatic carbocycles. The maximum absolute atomic E-state index is 13.4. The monoisotopic (exact) mass is 494 g/mol. The van der Waals surface area contributed by atoms with Crippen LogP contribution in [0.25, 0.3) is 0 Å². The first-order valence-corrected chi connectivity index (χ1v) is 13.0. The van der Waals surface area contributed by atoms with Crippen LogP contribution in [0.2, 0.25) is 0 Å². The molecule has 0 aliphatic carbocycles. The molecule has 1 N–H and O–H groups in total. The smallest absolute Gasteiger partial charge is 0.243 e. The number of methoxy groups -OCH3 is 2. The lowest BCUT2D eigenvalue weighted by Gasteiger charge is -2.32. The number of nitrogens with one attached hydrogen (secondary N) is 1. The zero-order chi connectivity index (χ0) is 24.8. The van der Waals surface area contributed by atoms with E-state index in [9.17, 15) is 13.2 Å². The third-order valence-electron chi connectivity index (χ3n) is 6.30. The first kappa shape index (κ1) is 24.8. The van der Waals surface area contributed by atoms with Crippen LogP contribution in [0.3, 0.4) is 0 Å². The highest BCUT2D eigenvalue weighted by atomic mass is 32.2. The zero-order valence-corrected chi connectivity index (χ0v) is 20.7. The fraction of sp³-hybridized carbons (Fsp3) is 0.296. The second-order valence-electron chi connectivity index (χ2n) is 8.48. The summed E-state index contributed by atoms with van der Waals surface area (Å²) in [4.78, 5) is 13.5. The molecule has 1 amide bonds. The maximum atomic E-state index is 13.4. The summed E-state index contributed by atoms with van der Waals surface area (Å²) in [5, 5.41) is 3.17. The molecule has 1 atom stereocenters. The Bertz CT molecular complexity index is 1210. The molecular formula is C27H30N2O5S. The standard InChI is InChI=1S/C27H30N2O5S/c1-33-24-16-15-23(18-25(24)34-2)35(31,32)29-17-9-14-22(19-29)27(30)28-26(20-10-5-3-6-11-20)21-12-7-4-8-13-21/h3-8,10-13,15-16,18,22,26H,9,14,17,19H2,1-2H3,(H,28,30)/t22-/m1/s1. The summed E-state index contributed by atoms with van der Waals surface area (Å²) in [6.45, 7) is 0.486. The molecule has 0 aromatic heterocycles. The normalized spacial score (nSPS) is 16.6. The average molecular weight is 495 g/mol. The van der Waals surface area contributed by atoms with Gasteiger partial charge in [-0.25, -0.2) is 8.42 Å². The molecule has 1 saturated heterocycles. The highest BCUT2D eigenvalue weighted by molar-refractivity contribution is 7.89. The van der Waals surface area contributed by atoms with Gasteiger partial charge >= 0.3 is 0 Å². The third kappa shape index (κ3) is 5.49. The minimum Gasteiger partial charge on any atom is -0.493 e. The summed E-state index contributed by atoms with van der Waals surface area (Å²) >= 11 is 0. The SMILES string of the molecule is COc1ccc(S(=O)(=O)N2CCC[C@@H](C(=O)NC(c3ccccc3)c3ccccc3)C2)cc1OC. The Labute approximate surface area is 206 Å². The van der Waals surface area contributed by atoms with Crippen LogP contribution < -0.4 is 14.8 Å². The number of piperidine rings is 1. The Morgan fingerprint density at radius 2 is 1.51 bits per heavy atom. The van der Waals surface area contributed by atoms with Gasteiger partial charge in [-0.2, -0.15) is 4.31 Å². The van der Waals surface area contributed by atoms with Gasteiger partial charge < -0.3 is 14.8 Å². The molecule has 0 radical (unpaired) electrons. The van der Waals surface area contributed by atoms with E-state index in [1.165, 1.54) is 30.7 Å². The topological polar surface area (TPSA) is 84.9 Å². The van der Waals surface area contributed by atoms with Crippen LogP contribution in [0.15, 0.2) is 83.8 Å². The van der Waals surface area contributed by atoms with Crippen molar-refractivity contribution in [1.29, 1.82) is 0 Å². The number of ether oxygens (including phenoxy) is 2. The van der Waals surface area contributed by atoms with Gasteiger partial charge in [0.25, 0.3) is 0 Å². The molecule has 8 heteroatoms. The summed E-state index contributed by atoms with van der Waals surface area (Å²) < 4.78 is 38.7. The number of nitrogens with zero attached hydrogens (tertiary/aromatic N) is 1. The summed E-state index contributed by atoms with van der Waals surface area (Å²) in [5.74, 6) is 0.187. The molecule has 184 valence electrons. The maximum Gasteiger partial charge on any atom is 0.243 e. The number of amides is 1. The lowest BCUT2D eigenvalue weighted by molar-refractivity contribution is -0.126. The summed E-state index contributed by atoms with van der Waals surface area (Å²) in [6, 6.07) is 23.8. The van der Waals surface area contributed by atoms with Crippen LogP contribution in [0.4, 0.5) is 0 Å². The van der Waals surface area contributed by atoms with Gasteiger partial charge in [0.1, 0.15) is 0 Å². The lowest BCUT2D eigenvalue weighted by Crippen LogP contribution is -2.46. The highest BCUT2D eigenvalue weighted by Gasteiger charge is 2.34. The number of hydrogen-bond donors (Lipinski definition) is 1. The van der Waals surface area contributed by atoms with E-state index in [2.05, 4.69) is 5.32 Å². The molecule has 0 spiro atoms. The van der Waals surface area contributed by atoms with Crippen molar-refractivity contribution < 1.29 is 22.7 Å². The largest absolute Gasteiger partial charge is 0.493 e. The molecular weight excluding hydrogens is 464 g/mol. The van der Waals surface area contributed by atoms with E-state index >= 15 is 0 Å². The van der Waals surface area contributed by atoms with Crippen LogP contribution >= 0.6 is 0 Å². The van der Waals surface area contributed by atoms with Gasteiger partial charge in [0.15, 0.2) is 11.5 Å². The van der Waals surface area contributed by atoms with Crippen LogP contribution in [-0.2, 0) is 14.8 Å². The van der Waals surface area contributed by atoms with Gasteiger partial charge in [0.2, 0.25) is 15.9 Å². The Balaban J connectivity index is 1.53. The minimum atomic E-state index is -3.80. The van der Waals surface area contributed by atoms with Crippen molar-refractivity contribution in [3.63, 3.8) is 0 Å². The number of carbonyl (C=O) groups is 1. The van der Waals surface area contributed by atoms with E-state index in [0.29, 0.717) is 30.9 Å². The van der Waals surface area contributed by atoms with Crippen molar-refractivity contribution in [3.8, 4) is 11.5 Å². The molecule has 1 fully saturated rings. The number of sulfonamides is 1. The molecule has 1 aliphatic rings. The number of benzene rings is 3. The Hall–Kier alpha value is -3.36. The van der Waals surface area contributed by atoms with Gasteiger partial charge in [-0.1, -0.05) is 60.7 Å². The Kier molecular flexibility index (Phi) is 7.73. The van der Waals surface area contributed by atoms with Crippen LogP contribution in [-0.4, -0.2) is 45.9 Å². The first-order chi connectivity index (χ1) is 16.9. The van der Waals surface area contributed by atoms with Gasteiger partial charge in [-0.05, 0) is 36.1 Å². The molecule has 4 rings (SSSR count). The zero-order valence-electron chi connectivity index (χ0n) is 19.9. The second-order valence-corrected chi connectivity index (χ2v) is 10.4. The predicted octanol–water partition coefficient (Wildman–Crippen LogP) is 4.01. The fourth-order valence-corrected chi connectivity index (χ4v) is 5.95. The van der Waals surface area contributed by atoms with Crippen LogP contribution in [0.1, 0.15) is 30.0 Å². The average Bonchev–Trinajstić information content (AvgIpc) is 2.92. The van der Waals surface area contributed by atoms with Gasteiger partial charge in [-0.3, -0.25) is 4.79 Å². The van der Waals surface area contributed by atoms with Crippen molar-refractivity contribution in [1.82, 2.24) is 9.62 Å². The molecule has 0 unspecified atom stereocenters. The van der Waals surface area contributed by atoms with Gasteiger partial charge in [0.05, 0.1) is 31.1 Å². The molecule has 1 aliphatic heterocycles. The second kappa shape index (κ2) is 10.9. The van der Waals surface area contributed by atoms with Crippen molar-refractivity contribution in [2.24, 2.45) is 5.92 Å². The molecule has 1 heterocycles. The van der Waals surface area contributed by atoms with Crippen LogP contribution in [0, 0.1) is 5.92 Å². The first-order valence-electron chi connectivity index (χ1n) is 11.6. The number of rotatable bonds is 8. The third-order valence-corrected chi connectivity index (χ3v) is 8.16. The fourth-order valence-electron chi connectivity index (χ4n) is 4.41. The van der Waals surface area contributed by atoms with Gasteiger partial charge in [-0.15, -0.1) is 0 Å². The highest BCUT2D eigenvalue weighted by Crippen LogP contribution is 2.32. The van der Waals surface area contributed by atoms with E-state index in [1.54, 1.807) is 6.07 Å². The quantitative estimate of drug-likeness (QED) is 0.512. The summed E-state index contributed by atoms with van der Waals surface area (Å²) in [6.07, 6.45) is 1.23. The van der Waals surface area contributed by atoms with E-state index in [4.69, 9.17) is 9.47 Å². The van der Waals surface area contributed by atoms with Crippen molar-refractivity contribution >= 4 is 15.9 Å². The summed E-state index contributed by atoms with van der Waals surface area (Å²) in [7, 11) is -0.839. The van der Waals surface area contributed by atoms with E-state index in [-0.39, 0.29) is 23.4 Å². The van der Waals surface area contributed by atoms with Crippen LogP contribution in [0.5, 0.6) is 11.5 Å². The molecule has 0 bridgehead atoms. The lowest BCUT2D eigenvalue weighted by atomic mass is 9.95.